The summed E-state index contributed by atoms with van der Waals surface area (Å²) in [6.45, 7) is 4.58. The molecular formula is C20H22N4O. The lowest BCUT2D eigenvalue weighted by atomic mass is 9.99. The highest BCUT2D eigenvalue weighted by Crippen LogP contribution is 2.28. The van der Waals surface area contributed by atoms with Gasteiger partial charge in [-0.05, 0) is 30.0 Å². The second-order valence-corrected chi connectivity index (χ2v) is 6.52. The molecule has 3 aromatic rings. The van der Waals surface area contributed by atoms with Gasteiger partial charge in [0, 0.05) is 25.2 Å². The van der Waals surface area contributed by atoms with E-state index in [0.717, 1.165) is 30.6 Å². The van der Waals surface area contributed by atoms with Crippen LogP contribution in [-0.2, 0) is 19.5 Å². The average Bonchev–Trinajstić information content (AvgIpc) is 3.17. The summed E-state index contributed by atoms with van der Waals surface area (Å²) >= 11 is 0. The molecule has 0 spiro atoms. The molecule has 5 nitrogen and oxygen atoms in total. The van der Waals surface area contributed by atoms with Crippen molar-refractivity contribution in [1.82, 2.24) is 15.0 Å². The van der Waals surface area contributed by atoms with E-state index in [0.29, 0.717) is 18.3 Å². The molecule has 0 fully saturated rings. The van der Waals surface area contributed by atoms with Crippen molar-refractivity contribution in [3.63, 3.8) is 0 Å². The van der Waals surface area contributed by atoms with Gasteiger partial charge in [-0.1, -0.05) is 53.7 Å². The molecule has 1 aliphatic rings. The Morgan fingerprint density at radius 1 is 1.12 bits per heavy atom. The van der Waals surface area contributed by atoms with Crippen molar-refractivity contribution in [3.05, 3.63) is 71.1 Å². The zero-order valence-corrected chi connectivity index (χ0v) is 14.4. The SMILES string of the molecule is CC(c1nc(-c2ccc(CN)cc2)no1)N1CCc2ccccc2C1. The number of nitrogens with zero attached hydrogens (tertiary/aromatic N) is 3. The van der Waals surface area contributed by atoms with Gasteiger partial charge in [0.2, 0.25) is 11.7 Å². The molecule has 0 radical (unpaired) electrons. The van der Waals surface area contributed by atoms with Gasteiger partial charge in [-0.2, -0.15) is 4.98 Å². The van der Waals surface area contributed by atoms with Gasteiger partial charge in [-0.3, -0.25) is 4.90 Å². The smallest absolute Gasteiger partial charge is 0.244 e. The standard InChI is InChI=1S/C20H22N4O/c1-14(24-11-10-16-4-2-3-5-18(16)13-24)20-22-19(23-25-20)17-8-6-15(12-21)7-9-17/h2-9,14H,10-13,21H2,1H3. The number of hydrogen-bond donors (Lipinski definition) is 1. The molecule has 2 N–H and O–H groups in total. The van der Waals surface area contributed by atoms with Crippen LogP contribution in [0.15, 0.2) is 53.1 Å². The molecule has 0 amide bonds. The van der Waals surface area contributed by atoms with Gasteiger partial charge >= 0.3 is 0 Å². The fraction of sp³-hybridized carbons (Fsp3) is 0.300. The molecule has 2 aromatic carbocycles. The van der Waals surface area contributed by atoms with E-state index in [4.69, 9.17) is 10.3 Å². The van der Waals surface area contributed by atoms with Crippen molar-refractivity contribution in [1.29, 1.82) is 0 Å². The van der Waals surface area contributed by atoms with Crippen molar-refractivity contribution in [2.45, 2.75) is 32.5 Å². The highest BCUT2D eigenvalue weighted by Gasteiger charge is 2.25. The van der Waals surface area contributed by atoms with E-state index in [1.165, 1.54) is 11.1 Å². The van der Waals surface area contributed by atoms with Gasteiger partial charge < -0.3 is 10.3 Å². The number of rotatable bonds is 4. The van der Waals surface area contributed by atoms with Crippen LogP contribution in [0.3, 0.4) is 0 Å². The summed E-state index contributed by atoms with van der Waals surface area (Å²) in [6, 6.07) is 16.7. The molecule has 0 saturated carbocycles. The fourth-order valence-electron chi connectivity index (χ4n) is 3.32. The first-order chi connectivity index (χ1) is 12.2. The number of aromatic nitrogens is 2. The Labute approximate surface area is 147 Å². The first-order valence-electron chi connectivity index (χ1n) is 8.68. The maximum Gasteiger partial charge on any atom is 0.244 e. The molecule has 128 valence electrons. The van der Waals surface area contributed by atoms with Crippen molar-refractivity contribution in [3.8, 4) is 11.4 Å². The molecule has 25 heavy (non-hydrogen) atoms. The van der Waals surface area contributed by atoms with E-state index < -0.39 is 0 Å². The summed E-state index contributed by atoms with van der Waals surface area (Å²) < 4.78 is 5.55. The lowest BCUT2D eigenvalue weighted by Crippen LogP contribution is -2.33. The minimum atomic E-state index is 0.0953. The maximum atomic E-state index is 5.64. The molecule has 0 aliphatic carbocycles. The van der Waals surface area contributed by atoms with Crippen LogP contribution >= 0.6 is 0 Å². The second-order valence-electron chi connectivity index (χ2n) is 6.52. The summed E-state index contributed by atoms with van der Waals surface area (Å²) in [5.41, 5.74) is 10.5. The normalized spacial score (nSPS) is 15.8. The fourth-order valence-corrected chi connectivity index (χ4v) is 3.32. The Bertz CT molecular complexity index is 856. The Kier molecular flexibility index (Phi) is 4.34. The van der Waals surface area contributed by atoms with E-state index in [9.17, 15) is 0 Å². The third-order valence-corrected chi connectivity index (χ3v) is 4.95. The van der Waals surface area contributed by atoms with Crippen LogP contribution in [0.5, 0.6) is 0 Å². The zero-order chi connectivity index (χ0) is 17.2. The molecule has 1 atom stereocenters. The Balaban J connectivity index is 1.51. The van der Waals surface area contributed by atoms with E-state index in [1.807, 2.05) is 24.3 Å². The molecule has 0 saturated heterocycles. The second kappa shape index (κ2) is 6.78. The summed E-state index contributed by atoms with van der Waals surface area (Å²) in [4.78, 5) is 7.00. The van der Waals surface area contributed by atoms with Crippen LogP contribution in [0.2, 0.25) is 0 Å². The lowest BCUT2D eigenvalue weighted by Gasteiger charge is -2.31. The summed E-state index contributed by atoms with van der Waals surface area (Å²) in [5.74, 6) is 1.29. The predicted octanol–water partition coefficient (Wildman–Crippen LogP) is 3.31. The summed E-state index contributed by atoms with van der Waals surface area (Å²) in [7, 11) is 0. The quantitative estimate of drug-likeness (QED) is 0.793. The van der Waals surface area contributed by atoms with Crippen LogP contribution in [0.4, 0.5) is 0 Å². The van der Waals surface area contributed by atoms with Gasteiger partial charge in [-0.15, -0.1) is 0 Å². The molecule has 5 heteroatoms. The van der Waals surface area contributed by atoms with Crippen LogP contribution in [-0.4, -0.2) is 21.6 Å². The van der Waals surface area contributed by atoms with E-state index in [1.54, 1.807) is 0 Å². The largest absolute Gasteiger partial charge is 0.337 e. The Morgan fingerprint density at radius 2 is 1.88 bits per heavy atom. The predicted molar refractivity (Wildman–Crippen MR) is 96.6 cm³/mol. The lowest BCUT2D eigenvalue weighted by molar-refractivity contribution is 0.158. The summed E-state index contributed by atoms with van der Waals surface area (Å²) in [6.07, 6.45) is 1.06. The average molecular weight is 334 g/mol. The first-order valence-corrected chi connectivity index (χ1v) is 8.68. The number of nitrogens with two attached hydrogens (primary N) is 1. The van der Waals surface area contributed by atoms with E-state index >= 15 is 0 Å². The van der Waals surface area contributed by atoms with Crippen molar-refractivity contribution in [2.24, 2.45) is 5.73 Å². The molecule has 2 heterocycles. The van der Waals surface area contributed by atoms with Crippen LogP contribution < -0.4 is 5.73 Å². The molecule has 0 bridgehead atoms. The summed E-state index contributed by atoms with van der Waals surface area (Å²) in [5, 5.41) is 4.16. The van der Waals surface area contributed by atoms with Crippen molar-refractivity contribution in [2.75, 3.05) is 6.54 Å². The van der Waals surface area contributed by atoms with E-state index in [-0.39, 0.29) is 6.04 Å². The number of hydrogen-bond acceptors (Lipinski definition) is 5. The molecule has 4 rings (SSSR count). The number of fused-ring (bicyclic) bond motifs is 1. The first kappa shape index (κ1) is 16.0. The Hall–Kier alpha value is -2.50. The molecule has 1 unspecified atom stereocenters. The van der Waals surface area contributed by atoms with Crippen LogP contribution in [0.25, 0.3) is 11.4 Å². The monoisotopic (exact) mass is 334 g/mol. The van der Waals surface area contributed by atoms with Gasteiger partial charge in [-0.25, -0.2) is 0 Å². The zero-order valence-electron chi connectivity index (χ0n) is 14.4. The van der Waals surface area contributed by atoms with Gasteiger partial charge in [0.25, 0.3) is 0 Å². The minimum absolute atomic E-state index is 0.0953. The number of benzene rings is 2. The van der Waals surface area contributed by atoms with E-state index in [2.05, 4.69) is 46.2 Å². The highest BCUT2D eigenvalue weighted by molar-refractivity contribution is 5.54. The van der Waals surface area contributed by atoms with Crippen LogP contribution in [0.1, 0.15) is 35.5 Å². The highest BCUT2D eigenvalue weighted by atomic mass is 16.5. The molecule has 1 aromatic heterocycles. The Morgan fingerprint density at radius 3 is 2.64 bits per heavy atom. The van der Waals surface area contributed by atoms with Crippen molar-refractivity contribution < 1.29 is 4.52 Å². The van der Waals surface area contributed by atoms with Crippen LogP contribution in [0, 0.1) is 0 Å². The minimum Gasteiger partial charge on any atom is -0.337 e. The third kappa shape index (κ3) is 3.21. The van der Waals surface area contributed by atoms with Crippen molar-refractivity contribution >= 4 is 0 Å². The van der Waals surface area contributed by atoms with Gasteiger partial charge in [0.15, 0.2) is 0 Å². The van der Waals surface area contributed by atoms with Gasteiger partial charge in [0.05, 0.1) is 6.04 Å². The third-order valence-electron chi connectivity index (χ3n) is 4.95. The topological polar surface area (TPSA) is 68.2 Å². The maximum absolute atomic E-state index is 5.64. The molecular weight excluding hydrogens is 312 g/mol. The van der Waals surface area contributed by atoms with Gasteiger partial charge in [0.1, 0.15) is 0 Å². The molecule has 1 aliphatic heterocycles.